The number of fused-ring (bicyclic) bond motifs is 1. The van der Waals surface area contributed by atoms with Crippen molar-refractivity contribution in [3.8, 4) is 0 Å². The maximum Gasteiger partial charge on any atom is 0.305 e. The summed E-state index contributed by atoms with van der Waals surface area (Å²) < 4.78 is 0. The average molecular weight is 220 g/mol. The molecule has 1 heterocycles. The van der Waals surface area contributed by atoms with E-state index in [1.165, 1.54) is 5.56 Å². The van der Waals surface area contributed by atoms with Crippen LogP contribution >= 0.6 is 0 Å². The number of nitrogens with zero attached hydrogens (tertiary/aromatic N) is 1. The summed E-state index contributed by atoms with van der Waals surface area (Å²) in [5.74, 6) is -0.754. The van der Waals surface area contributed by atoms with Crippen molar-refractivity contribution in [2.75, 3.05) is 23.7 Å². The Kier molecular flexibility index (Phi) is 2.99. The highest BCUT2D eigenvalue weighted by Crippen LogP contribution is 2.31. The van der Waals surface area contributed by atoms with Crippen LogP contribution in [0.25, 0.3) is 0 Å². The van der Waals surface area contributed by atoms with Gasteiger partial charge in [-0.1, -0.05) is 6.07 Å². The predicted molar refractivity (Wildman–Crippen MR) is 63.6 cm³/mol. The van der Waals surface area contributed by atoms with Gasteiger partial charge < -0.3 is 15.7 Å². The highest BCUT2D eigenvalue weighted by molar-refractivity contribution is 5.69. The van der Waals surface area contributed by atoms with Gasteiger partial charge in [-0.2, -0.15) is 0 Å². The van der Waals surface area contributed by atoms with Crippen LogP contribution in [0.1, 0.15) is 18.4 Å². The number of aliphatic carboxylic acids is 1. The third kappa shape index (κ3) is 2.10. The van der Waals surface area contributed by atoms with Gasteiger partial charge in [-0.15, -0.1) is 0 Å². The Morgan fingerprint density at radius 1 is 1.50 bits per heavy atom. The molecule has 1 aliphatic rings. The summed E-state index contributed by atoms with van der Waals surface area (Å²) in [6.07, 6.45) is 2.21. The highest BCUT2D eigenvalue weighted by Gasteiger charge is 2.18. The number of rotatable bonds is 3. The number of hydrogen-bond acceptors (Lipinski definition) is 3. The van der Waals surface area contributed by atoms with Gasteiger partial charge in [-0.25, -0.2) is 0 Å². The van der Waals surface area contributed by atoms with Crippen LogP contribution in [0.3, 0.4) is 0 Å². The van der Waals surface area contributed by atoms with Crippen LogP contribution in [-0.4, -0.2) is 24.2 Å². The fourth-order valence-electron chi connectivity index (χ4n) is 2.19. The molecule has 0 spiro atoms. The summed E-state index contributed by atoms with van der Waals surface area (Å²) in [5.41, 5.74) is 9.00. The zero-order valence-corrected chi connectivity index (χ0v) is 9.15. The molecule has 0 saturated heterocycles. The lowest BCUT2D eigenvalue weighted by atomic mass is 10.00. The molecular weight excluding hydrogens is 204 g/mol. The molecular formula is C12H16N2O2. The average Bonchev–Trinajstić information content (AvgIpc) is 2.27. The summed E-state index contributed by atoms with van der Waals surface area (Å²) in [5, 5.41) is 8.70. The maximum absolute atomic E-state index is 10.6. The van der Waals surface area contributed by atoms with E-state index in [1.54, 1.807) is 0 Å². The van der Waals surface area contributed by atoms with Gasteiger partial charge in [0.1, 0.15) is 0 Å². The smallest absolute Gasteiger partial charge is 0.305 e. The first-order chi connectivity index (χ1) is 7.68. The zero-order chi connectivity index (χ0) is 11.5. The Labute approximate surface area is 94.7 Å². The van der Waals surface area contributed by atoms with Crippen LogP contribution in [0, 0.1) is 0 Å². The Bertz CT molecular complexity index is 404. The van der Waals surface area contributed by atoms with Crippen molar-refractivity contribution in [1.82, 2.24) is 0 Å². The normalized spacial score (nSPS) is 14.6. The number of carbonyl (C=O) groups is 1. The lowest BCUT2D eigenvalue weighted by Gasteiger charge is -2.31. The first-order valence-corrected chi connectivity index (χ1v) is 5.52. The number of anilines is 2. The summed E-state index contributed by atoms with van der Waals surface area (Å²) in [4.78, 5) is 12.7. The zero-order valence-electron chi connectivity index (χ0n) is 9.15. The molecule has 4 nitrogen and oxygen atoms in total. The van der Waals surface area contributed by atoms with Crippen LogP contribution in [0.5, 0.6) is 0 Å². The summed E-state index contributed by atoms with van der Waals surface area (Å²) in [6, 6.07) is 5.85. The molecule has 1 aromatic rings. The second-order valence-electron chi connectivity index (χ2n) is 4.08. The monoisotopic (exact) mass is 220 g/mol. The molecule has 0 radical (unpaired) electrons. The maximum atomic E-state index is 10.6. The van der Waals surface area contributed by atoms with E-state index in [-0.39, 0.29) is 6.42 Å². The molecule has 0 fully saturated rings. The Balaban J connectivity index is 2.19. The van der Waals surface area contributed by atoms with E-state index in [1.807, 2.05) is 18.2 Å². The second-order valence-corrected chi connectivity index (χ2v) is 4.08. The number of carboxylic acid groups (broad SMARTS) is 1. The van der Waals surface area contributed by atoms with Crippen molar-refractivity contribution in [2.45, 2.75) is 19.3 Å². The molecule has 4 heteroatoms. The van der Waals surface area contributed by atoms with Crippen molar-refractivity contribution < 1.29 is 9.90 Å². The minimum atomic E-state index is -0.754. The molecule has 1 aromatic carbocycles. The summed E-state index contributed by atoms with van der Waals surface area (Å²) in [7, 11) is 0. The molecule has 0 aliphatic carbocycles. The molecule has 86 valence electrons. The van der Waals surface area contributed by atoms with Crippen LogP contribution in [0.2, 0.25) is 0 Å². The molecule has 0 bridgehead atoms. The number of nitrogen functional groups attached to an aromatic ring is 1. The number of carboxylic acids is 1. The highest BCUT2D eigenvalue weighted by atomic mass is 16.4. The van der Waals surface area contributed by atoms with E-state index in [0.717, 1.165) is 30.8 Å². The van der Waals surface area contributed by atoms with Crippen molar-refractivity contribution in [1.29, 1.82) is 0 Å². The van der Waals surface area contributed by atoms with E-state index in [4.69, 9.17) is 10.8 Å². The van der Waals surface area contributed by atoms with Crippen LogP contribution < -0.4 is 10.6 Å². The molecule has 0 saturated carbocycles. The minimum absolute atomic E-state index is 0.175. The van der Waals surface area contributed by atoms with Gasteiger partial charge in [-0.05, 0) is 30.5 Å². The Morgan fingerprint density at radius 2 is 2.31 bits per heavy atom. The lowest BCUT2D eigenvalue weighted by molar-refractivity contribution is -0.136. The SMILES string of the molecule is Nc1cccc2c1CCCN2CCC(=O)O. The topological polar surface area (TPSA) is 66.6 Å². The first kappa shape index (κ1) is 10.8. The van der Waals surface area contributed by atoms with Crippen molar-refractivity contribution in [3.63, 3.8) is 0 Å². The Morgan fingerprint density at radius 3 is 3.06 bits per heavy atom. The Hall–Kier alpha value is -1.71. The van der Waals surface area contributed by atoms with Crippen molar-refractivity contribution in [3.05, 3.63) is 23.8 Å². The third-order valence-corrected chi connectivity index (χ3v) is 2.98. The molecule has 0 amide bonds. The standard InChI is InChI=1S/C12H16N2O2/c13-10-4-1-5-11-9(10)3-2-7-14(11)8-6-12(15)16/h1,4-5H,2-3,6-8,13H2,(H,15,16). The van der Waals surface area contributed by atoms with Gasteiger partial charge in [0.2, 0.25) is 0 Å². The minimum Gasteiger partial charge on any atom is -0.481 e. The van der Waals surface area contributed by atoms with E-state index in [9.17, 15) is 4.79 Å². The van der Waals surface area contributed by atoms with Crippen LogP contribution in [-0.2, 0) is 11.2 Å². The van der Waals surface area contributed by atoms with E-state index >= 15 is 0 Å². The van der Waals surface area contributed by atoms with Gasteiger partial charge in [-0.3, -0.25) is 4.79 Å². The number of hydrogen-bond donors (Lipinski definition) is 2. The van der Waals surface area contributed by atoms with Crippen molar-refractivity contribution in [2.24, 2.45) is 0 Å². The fourth-order valence-corrected chi connectivity index (χ4v) is 2.19. The summed E-state index contributed by atoms with van der Waals surface area (Å²) in [6.45, 7) is 1.48. The van der Waals surface area contributed by atoms with Crippen LogP contribution in [0.4, 0.5) is 11.4 Å². The molecule has 2 rings (SSSR count). The molecule has 0 atom stereocenters. The molecule has 16 heavy (non-hydrogen) atoms. The number of benzene rings is 1. The van der Waals surface area contributed by atoms with Crippen LogP contribution in [0.15, 0.2) is 18.2 Å². The molecule has 0 aromatic heterocycles. The third-order valence-electron chi connectivity index (χ3n) is 2.98. The predicted octanol–water partition coefficient (Wildman–Crippen LogP) is 1.50. The lowest BCUT2D eigenvalue weighted by Crippen LogP contribution is -2.31. The van der Waals surface area contributed by atoms with Gasteiger partial charge in [0.05, 0.1) is 6.42 Å². The van der Waals surface area contributed by atoms with Gasteiger partial charge in [0.25, 0.3) is 0 Å². The largest absolute Gasteiger partial charge is 0.481 e. The molecule has 3 N–H and O–H groups in total. The first-order valence-electron chi connectivity index (χ1n) is 5.52. The van der Waals surface area contributed by atoms with E-state index < -0.39 is 5.97 Å². The van der Waals surface area contributed by atoms with E-state index in [2.05, 4.69) is 4.90 Å². The molecule has 0 unspecified atom stereocenters. The molecule has 1 aliphatic heterocycles. The second kappa shape index (κ2) is 4.43. The van der Waals surface area contributed by atoms with Gasteiger partial charge >= 0.3 is 5.97 Å². The van der Waals surface area contributed by atoms with E-state index in [0.29, 0.717) is 6.54 Å². The number of nitrogens with two attached hydrogens (primary N) is 1. The van der Waals surface area contributed by atoms with Crippen molar-refractivity contribution >= 4 is 17.3 Å². The fraction of sp³-hybridized carbons (Fsp3) is 0.417. The van der Waals surface area contributed by atoms with Gasteiger partial charge in [0, 0.05) is 24.5 Å². The quantitative estimate of drug-likeness (QED) is 0.757. The van der Waals surface area contributed by atoms with Gasteiger partial charge in [0.15, 0.2) is 0 Å². The summed E-state index contributed by atoms with van der Waals surface area (Å²) >= 11 is 0.